The summed E-state index contributed by atoms with van der Waals surface area (Å²) >= 11 is 0. The van der Waals surface area contributed by atoms with Crippen LogP contribution in [-0.2, 0) is 9.53 Å². The molecule has 1 aromatic carbocycles. The lowest BCUT2D eigenvalue weighted by Crippen LogP contribution is -2.36. The fraction of sp³-hybridized carbons (Fsp3) is 0.375. The number of esters is 1. The Morgan fingerprint density at radius 1 is 1.27 bits per heavy atom. The van der Waals surface area contributed by atoms with E-state index in [0.717, 1.165) is 6.07 Å². The lowest BCUT2D eigenvalue weighted by molar-refractivity contribution is -0.384. The van der Waals surface area contributed by atoms with Crippen molar-refractivity contribution in [2.24, 2.45) is 0 Å². The van der Waals surface area contributed by atoms with Crippen LogP contribution in [0, 0.1) is 32.8 Å². The molecule has 0 fully saturated rings. The average Bonchev–Trinajstić information content (AvgIpc) is 2.65. The molecule has 1 aromatic rings. The average molecular weight is 359 g/mol. The van der Waals surface area contributed by atoms with Crippen LogP contribution in [-0.4, -0.2) is 48.4 Å². The molecule has 10 heteroatoms. The lowest BCUT2D eigenvalue weighted by Gasteiger charge is -2.20. The van der Waals surface area contributed by atoms with Gasteiger partial charge in [-0.2, -0.15) is 10.5 Å². The Morgan fingerprint density at radius 3 is 2.38 bits per heavy atom. The maximum Gasteiger partial charge on any atom is 0.341 e. The van der Waals surface area contributed by atoms with E-state index >= 15 is 0 Å². The number of ether oxygens (including phenoxy) is 1. The second-order valence-electron chi connectivity index (χ2n) is 5.01. The Hall–Kier alpha value is -3.66. The number of nitro groups is 1. The zero-order valence-corrected chi connectivity index (χ0v) is 14.1. The Labute approximate surface area is 149 Å². The number of rotatable bonds is 9. The first-order valence-electron chi connectivity index (χ1n) is 7.59. The molecule has 1 amide bonds. The third-order valence-corrected chi connectivity index (χ3v) is 3.37. The van der Waals surface area contributed by atoms with Gasteiger partial charge in [0.25, 0.3) is 11.6 Å². The smallest absolute Gasteiger partial charge is 0.341 e. The van der Waals surface area contributed by atoms with Crippen LogP contribution in [0.25, 0.3) is 0 Å². The normalized spacial score (nSPS) is 9.50. The van der Waals surface area contributed by atoms with Gasteiger partial charge in [0.15, 0.2) is 6.61 Å². The van der Waals surface area contributed by atoms with Crippen LogP contribution in [0.1, 0.15) is 23.2 Å². The summed E-state index contributed by atoms with van der Waals surface area (Å²) in [6.45, 7) is -0.359. The quantitative estimate of drug-likeness (QED) is 0.395. The van der Waals surface area contributed by atoms with Gasteiger partial charge < -0.3 is 15.0 Å². The number of anilines is 1. The van der Waals surface area contributed by atoms with Crippen LogP contribution in [0.4, 0.5) is 11.4 Å². The van der Waals surface area contributed by atoms with Crippen molar-refractivity contribution in [1.82, 2.24) is 4.90 Å². The monoisotopic (exact) mass is 359 g/mol. The summed E-state index contributed by atoms with van der Waals surface area (Å²) in [5.74, 6) is -1.45. The lowest BCUT2D eigenvalue weighted by atomic mass is 10.1. The summed E-state index contributed by atoms with van der Waals surface area (Å²) in [7, 11) is 1.54. The molecular weight excluding hydrogens is 342 g/mol. The van der Waals surface area contributed by atoms with Gasteiger partial charge in [0.1, 0.15) is 0 Å². The number of hydrogen-bond acceptors (Lipinski definition) is 8. The predicted octanol–water partition coefficient (Wildman–Crippen LogP) is 1.45. The molecule has 0 aliphatic rings. The van der Waals surface area contributed by atoms with Crippen molar-refractivity contribution in [2.75, 3.05) is 32.1 Å². The molecule has 0 unspecified atom stereocenters. The molecular formula is C16H17N5O5. The molecule has 0 bridgehead atoms. The van der Waals surface area contributed by atoms with Gasteiger partial charge in [-0.25, -0.2) is 4.79 Å². The van der Waals surface area contributed by atoms with E-state index < -0.39 is 23.4 Å². The summed E-state index contributed by atoms with van der Waals surface area (Å²) < 4.78 is 4.95. The number of nitro benzene ring substituents is 1. The van der Waals surface area contributed by atoms with Crippen molar-refractivity contribution < 1.29 is 19.2 Å². The number of nitriles is 2. The second kappa shape index (κ2) is 10.3. The van der Waals surface area contributed by atoms with Crippen LogP contribution < -0.4 is 5.32 Å². The third kappa shape index (κ3) is 5.76. The van der Waals surface area contributed by atoms with Crippen LogP contribution in [0.3, 0.4) is 0 Å². The molecule has 10 nitrogen and oxygen atoms in total. The number of nitrogens with zero attached hydrogens (tertiary/aromatic N) is 4. The van der Waals surface area contributed by atoms with Gasteiger partial charge in [-0.05, 0) is 6.07 Å². The Balaban J connectivity index is 2.82. The van der Waals surface area contributed by atoms with Crippen molar-refractivity contribution >= 4 is 23.3 Å². The maximum absolute atomic E-state index is 12.2. The summed E-state index contributed by atoms with van der Waals surface area (Å²) in [5.41, 5.74) is -0.0408. The second-order valence-corrected chi connectivity index (χ2v) is 5.01. The first-order chi connectivity index (χ1) is 12.4. The minimum absolute atomic E-state index is 0.0740. The largest absolute Gasteiger partial charge is 0.452 e. The summed E-state index contributed by atoms with van der Waals surface area (Å²) in [4.78, 5) is 35.8. The minimum Gasteiger partial charge on any atom is -0.452 e. The molecule has 1 rings (SSSR count). The fourth-order valence-electron chi connectivity index (χ4n) is 2.06. The number of carbonyl (C=O) groups is 2. The molecule has 0 radical (unpaired) electrons. The molecule has 0 aliphatic carbocycles. The number of hydrogen-bond donors (Lipinski definition) is 1. The highest BCUT2D eigenvalue weighted by atomic mass is 16.6. The summed E-state index contributed by atoms with van der Waals surface area (Å²) in [5, 5.41) is 30.8. The summed E-state index contributed by atoms with van der Waals surface area (Å²) in [6, 6.07) is 7.45. The van der Waals surface area contributed by atoms with E-state index in [1.54, 1.807) is 0 Å². The third-order valence-electron chi connectivity index (χ3n) is 3.37. The first kappa shape index (κ1) is 20.4. The van der Waals surface area contributed by atoms with E-state index in [9.17, 15) is 19.7 Å². The molecule has 136 valence electrons. The first-order valence-corrected chi connectivity index (χ1v) is 7.59. The Morgan fingerprint density at radius 2 is 1.88 bits per heavy atom. The minimum atomic E-state index is -0.896. The Bertz CT molecular complexity index is 747. The van der Waals surface area contributed by atoms with Crippen molar-refractivity contribution in [3.8, 4) is 12.1 Å². The fourth-order valence-corrected chi connectivity index (χ4v) is 2.06. The van der Waals surface area contributed by atoms with Crippen LogP contribution in [0.5, 0.6) is 0 Å². The van der Waals surface area contributed by atoms with Gasteiger partial charge in [0.05, 0.1) is 35.5 Å². The van der Waals surface area contributed by atoms with Crippen LogP contribution in [0.2, 0.25) is 0 Å². The Kier molecular flexibility index (Phi) is 8.04. The number of benzene rings is 1. The van der Waals surface area contributed by atoms with E-state index in [4.69, 9.17) is 15.3 Å². The number of non-ortho nitro benzene ring substituents is 1. The van der Waals surface area contributed by atoms with Crippen LogP contribution in [0.15, 0.2) is 18.2 Å². The standard InChI is InChI=1S/C16H17N5O5/c1-19-14-5-4-12(21(24)25)10-13(14)16(23)26-11-15(22)20(8-2-6-17)9-3-7-18/h4-5,10,19H,2-3,8-9,11H2,1H3. The molecule has 0 heterocycles. The summed E-state index contributed by atoms with van der Waals surface area (Å²) in [6.07, 6.45) is 0.166. The number of nitrogens with one attached hydrogen (secondary N) is 1. The van der Waals surface area contributed by atoms with E-state index in [2.05, 4.69) is 5.32 Å². The van der Waals surface area contributed by atoms with Crippen LogP contribution >= 0.6 is 0 Å². The maximum atomic E-state index is 12.2. The zero-order valence-electron chi connectivity index (χ0n) is 14.1. The van der Waals surface area contributed by atoms with Crippen molar-refractivity contribution in [2.45, 2.75) is 12.8 Å². The zero-order chi connectivity index (χ0) is 19.5. The highest BCUT2D eigenvalue weighted by Crippen LogP contribution is 2.22. The molecule has 0 saturated carbocycles. The molecule has 0 aromatic heterocycles. The highest BCUT2D eigenvalue weighted by molar-refractivity contribution is 5.97. The SMILES string of the molecule is CNc1ccc([N+](=O)[O-])cc1C(=O)OCC(=O)N(CCC#N)CCC#N. The highest BCUT2D eigenvalue weighted by Gasteiger charge is 2.20. The van der Waals surface area contributed by atoms with E-state index in [-0.39, 0.29) is 37.2 Å². The van der Waals surface area contributed by atoms with Crippen molar-refractivity contribution in [3.05, 3.63) is 33.9 Å². The van der Waals surface area contributed by atoms with E-state index in [0.29, 0.717) is 5.69 Å². The predicted molar refractivity (Wildman–Crippen MR) is 90.0 cm³/mol. The van der Waals surface area contributed by atoms with Gasteiger partial charge in [0, 0.05) is 38.0 Å². The van der Waals surface area contributed by atoms with Gasteiger partial charge in [0.2, 0.25) is 0 Å². The molecule has 1 N–H and O–H groups in total. The van der Waals surface area contributed by atoms with Gasteiger partial charge in [-0.1, -0.05) is 0 Å². The van der Waals surface area contributed by atoms with Crippen molar-refractivity contribution in [1.29, 1.82) is 10.5 Å². The molecule has 0 spiro atoms. The van der Waals surface area contributed by atoms with Crippen molar-refractivity contribution in [3.63, 3.8) is 0 Å². The number of carbonyl (C=O) groups excluding carboxylic acids is 2. The van der Waals surface area contributed by atoms with Gasteiger partial charge >= 0.3 is 5.97 Å². The van der Waals surface area contributed by atoms with Gasteiger partial charge in [-0.3, -0.25) is 14.9 Å². The van der Waals surface area contributed by atoms with E-state index in [1.807, 2.05) is 12.1 Å². The molecule has 0 aliphatic heterocycles. The van der Waals surface area contributed by atoms with Gasteiger partial charge in [-0.15, -0.1) is 0 Å². The molecule has 26 heavy (non-hydrogen) atoms. The molecule has 0 atom stereocenters. The topological polar surface area (TPSA) is 149 Å². The number of amides is 1. The molecule has 0 saturated heterocycles. The van der Waals surface area contributed by atoms with E-state index in [1.165, 1.54) is 24.1 Å².